The Balaban J connectivity index is 1.81. The minimum atomic E-state index is -0.314. The second-order valence-electron chi connectivity index (χ2n) is 9.00. The maximum Gasteiger partial charge on any atom is 0.337 e. The predicted octanol–water partition coefficient (Wildman–Crippen LogP) is 5.97. The van der Waals surface area contributed by atoms with Gasteiger partial charge in [0.25, 0.3) is 0 Å². The Morgan fingerprint density at radius 3 is 2.33 bits per heavy atom. The molecule has 2 aromatic carbocycles. The van der Waals surface area contributed by atoms with Crippen molar-refractivity contribution in [1.29, 1.82) is 0 Å². The van der Waals surface area contributed by atoms with Gasteiger partial charge in [0.1, 0.15) is 0 Å². The van der Waals surface area contributed by atoms with Gasteiger partial charge in [-0.15, -0.1) is 0 Å². The van der Waals surface area contributed by atoms with Crippen LogP contribution in [-0.2, 0) is 15.6 Å². The van der Waals surface area contributed by atoms with Gasteiger partial charge < -0.3 is 9.72 Å². The van der Waals surface area contributed by atoms with Crippen LogP contribution in [0.15, 0.2) is 42.5 Å². The molecular formula is C24H27NO2. The predicted molar refractivity (Wildman–Crippen MR) is 110 cm³/mol. The van der Waals surface area contributed by atoms with E-state index in [-0.39, 0.29) is 16.8 Å². The number of fused-ring (bicyclic) bond motifs is 2. The Morgan fingerprint density at radius 2 is 1.63 bits per heavy atom. The van der Waals surface area contributed by atoms with Gasteiger partial charge in [0.15, 0.2) is 0 Å². The lowest BCUT2D eigenvalue weighted by atomic mass is 9.63. The maximum absolute atomic E-state index is 11.8. The number of carbonyl (C=O) groups excluding carboxylic acids is 1. The summed E-state index contributed by atoms with van der Waals surface area (Å²) in [7, 11) is 1.41. The Morgan fingerprint density at radius 1 is 0.926 bits per heavy atom. The largest absolute Gasteiger partial charge is 0.465 e. The van der Waals surface area contributed by atoms with E-state index < -0.39 is 0 Å². The van der Waals surface area contributed by atoms with Crippen LogP contribution in [0.2, 0.25) is 0 Å². The summed E-state index contributed by atoms with van der Waals surface area (Å²) in [6.07, 6.45) is 2.42. The number of methoxy groups -OCH3 is 1. The Kier molecular flexibility index (Phi) is 3.95. The normalized spacial score (nSPS) is 17.5. The molecule has 0 bridgehead atoms. The summed E-state index contributed by atoms with van der Waals surface area (Å²) in [6.45, 7) is 9.38. The van der Waals surface area contributed by atoms with E-state index in [1.807, 2.05) is 18.2 Å². The van der Waals surface area contributed by atoms with E-state index in [1.54, 1.807) is 0 Å². The van der Waals surface area contributed by atoms with E-state index in [0.717, 1.165) is 16.6 Å². The van der Waals surface area contributed by atoms with Crippen LogP contribution in [-0.4, -0.2) is 18.1 Å². The highest BCUT2D eigenvalue weighted by molar-refractivity contribution is 5.95. The fourth-order valence-electron chi connectivity index (χ4n) is 4.28. The fourth-order valence-corrected chi connectivity index (χ4v) is 4.28. The monoisotopic (exact) mass is 361 g/mol. The number of benzene rings is 2. The number of esters is 1. The van der Waals surface area contributed by atoms with Crippen molar-refractivity contribution in [2.24, 2.45) is 0 Å². The molecule has 0 aliphatic heterocycles. The van der Waals surface area contributed by atoms with Gasteiger partial charge in [-0.1, -0.05) is 45.9 Å². The average Bonchev–Trinajstić information content (AvgIpc) is 3.08. The molecule has 0 radical (unpaired) electrons. The summed E-state index contributed by atoms with van der Waals surface area (Å²) in [4.78, 5) is 15.3. The van der Waals surface area contributed by atoms with Gasteiger partial charge in [0.05, 0.1) is 12.7 Å². The van der Waals surface area contributed by atoms with E-state index >= 15 is 0 Å². The third-order valence-electron chi connectivity index (χ3n) is 6.21. The van der Waals surface area contributed by atoms with Gasteiger partial charge in [-0.2, -0.15) is 0 Å². The lowest BCUT2D eigenvalue weighted by molar-refractivity contribution is 0.0601. The van der Waals surface area contributed by atoms with Crippen molar-refractivity contribution in [2.45, 2.75) is 51.4 Å². The summed E-state index contributed by atoms with van der Waals surface area (Å²) >= 11 is 0. The van der Waals surface area contributed by atoms with Gasteiger partial charge in [0, 0.05) is 16.6 Å². The van der Waals surface area contributed by atoms with Crippen LogP contribution >= 0.6 is 0 Å². The molecule has 1 aliphatic rings. The number of hydrogen-bond donors (Lipinski definition) is 1. The van der Waals surface area contributed by atoms with Crippen LogP contribution < -0.4 is 0 Å². The first-order chi connectivity index (χ1) is 12.7. The Hall–Kier alpha value is -2.55. The van der Waals surface area contributed by atoms with Gasteiger partial charge in [-0.25, -0.2) is 4.79 Å². The molecule has 1 aromatic heterocycles. The van der Waals surface area contributed by atoms with Gasteiger partial charge >= 0.3 is 5.97 Å². The number of carbonyl (C=O) groups is 1. The molecular weight excluding hydrogens is 334 g/mol. The number of hydrogen-bond acceptors (Lipinski definition) is 2. The second-order valence-corrected chi connectivity index (χ2v) is 9.00. The number of aromatic nitrogens is 1. The zero-order chi connectivity index (χ0) is 19.4. The van der Waals surface area contributed by atoms with Crippen molar-refractivity contribution in [3.63, 3.8) is 0 Å². The molecule has 0 fully saturated rings. The molecule has 0 saturated heterocycles. The van der Waals surface area contributed by atoms with E-state index in [1.165, 1.54) is 36.6 Å². The topological polar surface area (TPSA) is 42.1 Å². The van der Waals surface area contributed by atoms with Crippen molar-refractivity contribution in [3.05, 3.63) is 59.2 Å². The highest BCUT2D eigenvalue weighted by Crippen LogP contribution is 2.46. The van der Waals surface area contributed by atoms with E-state index in [2.05, 4.69) is 56.9 Å². The van der Waals surface area contributed by atoms with Crippen LogP contribution in [0.3, 0.4) is 0 Å². The minimum absolute atomic E-state index is 0.185. The van der Waals surface area contributed by atoms with Gasteiger partial charge in [-0.05, 0) is 64.6 Å². The van der Waals surface area contributed by atoms with Gasteiger partial charge in [-0.3, -0.25) is 0 Å². The third-order valence-corrected chi connectivity index (χ3v) is 6.21. The summed E-state index contributed by atoms with van der Waals surface area (Å²) in [5.41, 5.74) is 7.10. The quantitative estimate of drug-likeness (QED) is 0.571. The number of nitrogens with one attached hydrogen (secondary N) is 1. The molecule has 27 heavy (non-hydrogen) atoms. The standard InChI is InChI=1S/C24H27NO2/c1-23(2)10-11-24(3,4)19-12-15(8-9-18(19)23)20-13-16-6-7-17(22(26)27-5)14-21(16)25-20/h6-9,12-14,25H,10-11H2,1-5H3. The lowest BCUT2D eigenvalue weighted by Gasteiger charge is -2.42. The highest BCUT2D eigenvalue weighted by Gasteiger charge is 2.37. The molecule has 4 rings (SSSR count). The molecule has 3 nitrogen and oxygen atoms in total. The molecule has 0 saturated carbocycles. The van der Waals surface area contributed by atoms with Crippen molar-refractivity contribution in [2.75, 3.05) is 7.11 Å². The molecule has 0 unspecified atom stereocenters. The Labute approximate surface area is 160 Å². The van der Waals surface area contributed by atoms with Crippen molar-refractivity contribution in [3.8, 4) is 11.3 Å². The fraction of sp³-hybridized carbons (Fsp3) is 0.375. The third kappa shape index (κ3) is 2.95. The summed E-state index contributed by atoms with van der Waals surface area (Å²) in [6, 6.07) is 14.7. The van der Waals surface area contributed by atoms with Gasteiger partial charge in [0.2, 0.25) is 0 Å². The molecule has 140 valence electrons. The molecule has 1 heterocycles. The molecule has 0 amide bonds. The first-order valence-electron chi connectivity index (χ1n) is 9.58. The van der Waals surface area contributed by atoms with Crippen LogP contribution in [0.4, 0.5) is 0 Å². The zero-order valence-electron chi connectivity index (χ0n) is 16.8. The molecule has 0 spiro atoms. The Bertz CT molecular complexity index is 1040. The molecule has 1 aliphatic carbocycles. The molecule has 3 heteroatoms. The maximum atomic E-state index is 11.8. The average molecular weight is 361 g/mol. The number of ether oxygens (including phenoxy) is 1. The summed E-state index contributed by atoms with van der Waals surface area (Å²) < 4.78 is 4.83. The van der Waals surface area contributed by atoms with E-state index in [0.29, 0.717) is 5.56 Å². The lowest BCUT2D eigenvalue weighted by Crippen LogP contribution is -2.33. The SMILES string of the molecule is COC(=O)c1ccc2cc(-c3ccc4c(c3)C(C)(C)CCC4(C)C)[nH]c2c1. The van der Waals surface area contributed by atoms with Crippen molar-refractivity contribution in [1.82, 2.24) is 4.98 Å². The molecule has 1 N–H and O–H groups in total. The van der Waals surface area contributed by atoms with E-state index in [4.69, 9.17) is 4.74 Å². The van der Waals surface area contributed by atoms with Crippen LogP contribution in [0.1, 0.15) is 62.0 Å². The highest BCUT2D eigenvalue weighted by atomic mass is 16.5. The van der Waals surface area contributed by atoms with Crippen molar-refractivity contribution < 1.29 is 9.53 Å². The second kappa shape index (κ2) is 5.98. The summed E-state index contributed by atoms with van der Waals surface area (Å²) in [5.74, 6) is -0.314. The first-order valence-corrected chi connectivity index (χ1v) is 9.58. The first kappa shape index (κ1) is 17.8. The number of rotatable bonds is 2. The van der Waals surface area contributed by atoms with Crippen LogP contribution in [0.25, 0.3) is 22.2 Å². The zero-order valence-corrected chi connectivity index (χ0v) is 16.8. The van der Waals surface area contributed by atoms with Crippen LogP contribution in [0, 0.1) is 0 Å². The summed E-state index contributed by atoms with van der Waals surface area (Å²) in [5, 5.41) is 1.09. The molecule has 0 atom stereocenters. The number of aromatic amines is 1. The van der Waals surface area contributed by atoms with E-state index in [9.17, 15) is 4.79 Å². The smallest absolute Gasteiger partial charge is 0.337 e. The molecule has 3 aromatic rings. The van der Waals surface area contributed by atoms with Crippen molar-refractivity contribution >= 4 is 16.9 Å². The van der Waals surface area contributed by atoms with Crippen LogP contribution in [0.5, 0.6) is 0 Å². The minimum Gasteiger partial charge on any atom is -0.465 e. The number of H-pyrrole nitrogens is 1.